The van der Waals surface area contributed by atoms with E-state index < -0.39 is 0 Å². The van der Waals surface area contributed by atoms with Crippen molar-refractivity contribution in [3.8, 4) is 6.07 Å². The number of nitrogens with zero attached hydrogens (tertiary/aromatic N) is 5. The van der Waals surface area contributed by atoms with E-state index in [9.17, 15) is 5.26 Å². The van der Waals surface area contributed by atoms with Crippen molar-refractivity contribution in [2.75, 3.05) is 31.1 Å². The van der Waals surface area contributed by atoms with Crippen molar-refractivity contribution in [3.05, 3.63) is 77.4 Å². The zero-order chi connectivity index (χ0) is 21.2. The molecule has 5 rings (SSSR count). The van der Waals surface area contributed by atoms with Gasteiger partial charge in [-0.1, -0.05) is 55.8 Å². The molecule has 0 amide bonds. The summed E-state index contributed by atoms with van der Waals surface area (Å²) in [5, 5.41) is 9.92. The van der Waals surface area contributed by atoms with Gasteiger partial charge in [-0.2, -0.15) is 5.26 Å². The van der Waals surface area contributed by atoms with Gasteiger partial charge in [0, 0.05) is 32.7 Å². The number of rotatable bonds is 5. The molecule has 5 heteroatoms. The van der Waals surface area contributed by atoms with Crippen molar-refractivity contribution in [1.29, 1.82) is 5.26 Å². The summed E-state index contributed by atoms with van der Waals surface area (Å²) >= 11 is 0. The third-order valence-corrected chi connectivity index (χ3v) is 6.21. The fourth-order valence-corrected chi connectivity index (χ4v) is 4.66. The van der Waals surface area contributed by atoms with Crippen LogP contribution in [0.3, 0.4) is 0 Å². The van der Waals surface area contributed by atoms with E-state index in [0.29, 0.717) is 5.56 Å². The Morgan fingerprint density at radius 1 is 0.968 bits per heavy atom. The monoisotopic (exact) mass is 409 g/mol. The molecule has 1 saturated heterocycles. The Morgan fingerprint density at radius 2 is 1.71 bits per heavy atom. The molecule has 0 N–H and O–H groups in total. The number of imidazole rings is 1. The van der Waals surface area contributed by atoms with Gasteiger partial charge in [-0.05, 0) is 35.7 Å². The molecule has 0 atom stereocenters. The second-order valence-electron chi connectivity index (χ2n) is 8.27. The van der Waals surface area contributed by atoms with Gasteiger partial charge >= 0.3 is 0 Å². The summed E-state index contributed by atoms with van der Waals surface area (Å²) in [6, 6.07) is 23.5. The molecule has 0 spiro atoms. The molecule has 1 fully saturated rings. The first-order chi connectivity index (χ1) is 15.3. The Balaban J connectivity index is 1.51. The van der Waals surface area contributed by atoms with Crippen LogP contribution in [0.25, 0.3) is 16.7 Å². The smallest absolute Gasteiger partial charge is 0.157 e. The highest BCUT2D eigenvalue weighted by atomic mass is 15.3. The van der Waals surface area contributed by atoms with Crippen molar-refractivity contribution >= 4 is 22.5 Å². The van der Waals surface area contributed by atoms with E-state index in [1.54, 1.807) is 0 Å². The summed E-state index contributed by atoms with van der Waals surface area (Å²) in [7, 11) is 0. The number of pyridine rings is 1. The van der Waals surface area contributed by atoms with E-state index in [4.69, 9.17) is 4.98 Å². The number of anilines is 1. The maximum atomic E-state index is 9.92. The van der Waals surface area contributed by atoms with Crippen molar-refractivity contribution in [2.24, 2.45) is 0 Å². The zero-order valence-corrected chi connectivity index (χ0v) is 18.0. The van der Waals surface area contributed by atoms with Gasteiger partial charge in [0.2, 0.25) is 0 Å². The van der Waals surface area contributed by atoms with E-state index >= 15 is 0 Å². The van der Waals surface area contributed by atoms with Crippen LogP contribution in [0.2, 0.25) is 0 Å². The third kappa shape index (κ3) is 3.64. The van der Waals surface area contributed by atoms with Crippen LogP contribution in [-0.2, 0) is 13.0 Å². The van der Waals surface area contributed by atoms with Crippen molar-refractivity contribution < 1.29 is 0 Å². The number of benzene rings is 2. The molecule has 1 aliphatic rings. The molecular weight excluding hydrogens is 382 g/mol. The van der Waals surface area contributed by atoms with E-state index in [-0.39, 0.29) is 0 Å². The van der Waals surface area contributed by atoms with Crippen LogP contribution in [0.5, 0.6) is 0 Å². The number of fused-ring (bicyclic) bond motifs is 3. The molecule has 1 aliphatic heterocycles. The molecule has 156 valence electrons. The second-order valence-corrected chi connectivity index (χ2v) is 8.27. The standard InChI is InChI=1S/C26H27N5/c1-2-8-21-17-25(30-15-13-29(14-16-30)19-20-9-4-3-5-10-20)31-24-12-7-6-11-23(24)28-26(31)22(21)18-27/h3-7,9-12,17H,2,8,13-16,19H2,1H3. The SMILES string of the molecule is CCCc1cc(N2CCN(Cc3ccccc3)CC2)n2c(nc3ccccc32)c1C#N. The number of para-hydroxylation sites is 2. The summed E-state index contributed by atoms with van der Waals surface area (Å²) in [5.74, 6) is 1.16. The third-order valence-electron chi connectivity index (χ3n) is 6.21. The van der Waals surface area contributed by atoms with Crippen LogP contribution < -0.4 is 4.90 Å². The zero-order valence-electron chi connectivity index (χ0n) is 18.0. The number of nitriles is 1. The lowest BCUT2D eigenvalue weighted by Gasteiger charge is -2.36. The molecule has 0 saturated carbocycles. The molecular formula is C26H27N5. The Morgan fingerprint density at radius 3 is 2.45 bits per heavy atom. The minimum absolute atomic E-state index is 0.713. The van der Waals surface area contributed by atoms with Gasteiger partial charge in [-0.25, -0.2) is 4.98 Å². The highest BCUT2D eigenvalue weighted by Crippen LogP contribution is 2.30. The van der Waals surface area contributed by atoms with E-state index in [2.05, 4.69) is 69.7 Å². The van der Waals surface area contributed by atoms with Crippen LogP contribution in [0.4, 0.5) is 5.82 Å². The molecule has 2 aromatic heterocycles. The van der Waals surface area contributed by atoms with E-state index in [0.717, 1.165) is 73.6 Å². The van der Waals surface area contributed by atoms with Gasteiger partial charge in [0.25, 0.3) is 0 Å². The summed E-state index contributed by atoms with van der Waals surface area (Å²) in [6.07, 6.45) is 1.90. The van der Waals surface area contributed by atoms with Crippen LogP contribution in [0, 0.1) is 11.3 Å². The lowest BCUT2D eigenvalue weighted by molar-refractivity contribution is 0.249. The summed E-state index contributed by atoms with van der Waals surface area (Å²) in [5.41, 5.74) is 5.98. The minimum atomic E-state index is 0.713. The molecule has 3 heterocycles. The normalized spacial score (nSPS) is 14.9. The molecule has 0 radical (unpaired) electrons. The van der Waals surface area contributed by atoms with Crippen LogP contribution >= 0.6 is 0 Å². The molecule has 0 aliphatic carbocycles. The lowest BCUT2D eigenvalue weighted by atomic mass is 10.0. The molecule has 4 aromatic rings. The second kappa shape index (κ2) is 8.41. The molecule has 2 aromatic carbocycles. The Bertz CT molecular complexity index is 1240. The summed E-state index contributed by atoms with van der Waals surface area (Å²) in [6.45, 7) is 7.12. The fraction of sp³-hybridized carbons (Fsp3) is 0.308. The van der Waals surface area contributed by atoms with Gasteiger partial charge < -0.3 is 4.90 Å². The Hall–Kier alpha value is -3.36. The predicted octanol–water partition coefficient (Wildman–Crippen LogP) is 4.63. The summed E-state index contributed by atoms with van der Waals surface area (Å²) < 4.78 is 2.19. The largest absolute Gasteiger partial charge is 0.355 e. The van der Waals surface area contributed by atoms with Gasteiger partial charge in [0.05, 0.1) is 16.6 Å². The van der Waals surface area contributed by atoms with Crippen LogP contribution in [-0.4, -0.2) is 40.5 Å². The van der Waals surface area contributed by atoms with Crippen molar-refractivity contribution in [3.63, 3.8) is 0 Å². The van der Waals surface area contributed by atoms with Crippen molar-refractivity contribution in [2.45, 2.75) is 26.3 Å². The fourth-order valence-electron chi connectivity index (χ4n) is 4.66. The number of hydrogen-bond acceptors (Lipinski definition) is 4. The molecule has 31 heavy (non-hydrogen) atoms. The van der Waals surface area contributed by atoms with E-state index in [1.165, 1.54) is 5.56 Å². The number of aromatic nitrogens is 2. The van der Waals surface area contributed by atoms with Crippen molar-refractivity contribution in [1.82, 2.24) is 14.3 Å². The maximum Gasteiger partial charge on any atom is 0.157 e. The van der Waals surface area contributed by atoms with Crippen LogP contribution in [0.1, 0.15) is 30.0 Å². The van der Waals surface area contributed by atoms with Gasteiger partial charge in [0.15, 0.2) is 5.65 Å². The average Bonchev–Trinajstić information content (AvgIpc) is 3.19. The molecule has 0 bridgehead atoms. The minimum Gasteiger partial charge on any atom is -0.355 e. The first-order valence-corrected chi connectivity index (χ1v) is 11.1. The highest BCUT2D eigenvalue weighted by Gasteiger charge is 2.23. The number of piperazine rings is 1. The average molecular weight is 410 g/mol. The number of aryl methyl sites for hydroxylation is 1. The van der Waals surface area contributed by atoms with Gasteiger partial charge in [0.1, 0.15) is 11.9 Å². The maximum absolute atomic E-state index is 9.92. The summed E-state index contributed by atoms with van der Waals surface area (Å²) in [4.78, 5) is 9.84. The highest BCUT2D eigenvalue weighted by molar-refractivity contribution is 5.85. The first kappa shape index (κ1) is 19.6. The number of hydrogen-bond donors (Lipinski definition) is 0. The predicted molar refractivity (Wildman–Crippen MR) is 125 cm³/mol. The van der Waals surface area contributed by atoms with Gasteiger partial charge in [-0.15, -0.1) is 0 Å². The topological polar surface area (TPSA) is 47.6 Å². The van der Waals surface area contributed by atoms with Gasteiger partial charge in [-0.3, -0.25) is 9.30 Å². The Labute approximate surface area is 183 Å². The first-order valence-electron chi connectivity index (χ1n) is 11.1. The van der Waals surface area contributed by atoms with Crippen LogP contribution in [0.15, 0.2) is 60.7 Å². The lowest BCUT2D eigenvalue weighted by Crippen LogP contribution is -2.46. The molecule has 5 nitrogen and oxygen atoms in total. The van der Waals surface area contributed by atoms with E-state index in [1.807, 2.05) is 18.2 Å². The quantitative estimate of drug-likeness (QED) is 0.482. The molecule has 0 unspecified atom stereocenters. The Kier molecular flexibility index (Phi) is 5.31.